The Bertz CT molecular complexity index is 224. The summed E-state index contributed by atoms with van der Waals surface area (Å²) in [5.41, 5.74) is 0. The zero-order valence-corrected chi connectivity index (χ0v) is 14.9. The Morgan fingerprint density at radius 3 is 0.867 bits per heavy atom. The topological polar surface area (TPSA) is 0 Å². The molecule has 0 nitrogen and oxygen atoms in total. The molecule has 0 N–H and O–H groups in total. The first-order chi connectivity index (χ1) is 6.31. The zero-order chi connectivity index (χ0) is 12.7. The zero-order valence-electron chi connectivity index (χ0n) is 12.1. The van der Waals surface area contributed by atoms with Crippen molar-refractivity contribution >= 4 is 18.4 Å². The first kappa shape index (κ1) is 15.4. The van der Waals surface area contributed by atoms with Crippen molar-refractivity contribution in [1.29, 1.82) is 0 Å². The van der Waals surface area contributed by atoms with Crippen LogP contribution in [0.4, 0.5) is 0 Å². The molecule has 0 rings (SSSR count). The number of hydrogen-bond donors (Lipinski definition) is 0. The van der Waals surface area contributed by atoms with Crippen molar-refractivity contribution in [2.45, 2.75) is 72.6 Å². The Labute approximate surface area is 101 Å². The quantitative estimate of drug-likeness (QED) is 0.435. The summed E-state index contributed by atoms with van der Waals surface area (Å²) >= 11 is -2.73. The third-order valence-corrected chi connectivity index (χ3v) is 24.1. The van der Waals surface area contributed by atoms with Gasteiger partial charge in [0, 0.05) is 0 Å². The van der Waals surface area contributed by atoms with Gasteiger partial charge in [-0.25, -0.2) is 0 Å². The van der Waals surface area contributed by atoms with Crippen LogP contribution in [0.5, 0.6) is 0 Å². The second-order valence-corrected chi connectivity index (χ2v) is 25.6. The van der Waals surface area contributed by atoms with Crippen molar-refractivity contribution in [1.82, 2.24) is 0 Å². The van der Waals surface area contributed by atoms with Crippen LogP contribution in [0.15, 0.2) is 0 Å². The second kappa shape index (κ2) is 3.98. The van der Waals surface area contributed by atoms with Crippen LogP contribution in [0.2, 0.25) is 10.3 Å². The average molecular weight is 315 g/mol. The van der Waals surface area contributed by atoms with E-state index >= 15 is 0 Å². The molecular formula is C14H28Sn. The summed E-state index contributed by atoms with van der Waals surface area (Å²) in [6.45, 7) is 21.1. The standard InChI is InChI=1S/3C4H9.C2H.Sn/c3*1-4(2)3;1-2;/h3*1-3H3;1H;. The van der Waals surface area contributed by atoms with Gasteiger partial charge in [-0.05, 0) is 0 Å². The predicted molar refractivity (Wildman–Crippen MR) is 73.7 cm³/mol. The third kappa shape index (κ3) is 2.38. The molecule has 0 radical (unpaired) electrons. The van der Waals surface area contributed by atoms with Gasteiger partial charge in [-0.2, -0.15) is 0 Å². The van der Waals surface area contributed by atoms with Gasteiger partial charge in [0.05, 0.1) is 0 Å². The fourth-order valence-electron chi connectivity index (χ4n) is 4.02. The summed E-state index contributed by atoms with van der Waals surface area (Å²) in [6, 6.07) is 0. The van der Waals surface area contributed by atoms with E-state index in [-0.39, 0.29) is 0 Å². The van der Waals surface area contributed by atoms with E-state index in [2.05, 4.69) is 66.2 Å². The van der Waals surface area contributed by atoms with Crippen LogP contribution in [0.25, 0.3) is 0 Å². The number of hydrogen-bond acceptors (Lipinski definition) is 0. The van der Waals surface area contributed by atoms with Crippen LogP contribution in [0, 0.1) is 10.4 Å². The van der Waals surface area contributed by atoms with Gasteiger partial charge in [-0.1, -0.05) is 0 Å². The van der Waals surface area contributed by atoms with Crippen molar-refractivity contribution in [2.24, 2.45) is 0 Å². The Morgan fingerprint density at radius 1 is 0.667 bits per heavy atom. The van der Waals surface area contributed by atoms with Crippen LogP contribution in [0.3, 0.4) is 0 Å². The molecule has 88 valence electrons. The second-order valence-electron chi connectivity index (χ2n) is 7.64. The Morgan fingerprint density at radius 2 is 0.867 bits per heavy atom. The molecule has 15 heavy (non-hydrogen) atoms. The molecule has 0 spiro atoms. The summed E-state index contributed by atoms with van der Waals surface area (Å²) in [6.07, 6.45) is 6.01. The molecule has 0 aliphatic carbocycles. The van der Waals surface area contributed by atoms with Gasteiger partial charge in [-0.15, -0.1) is 0 Å². The molecule has 0 bridgehead atoms. The van der Waals surface area contributed by atoms with E-state index in [1.165, 1.54) is 0 Å². The van der Waals surface area contributed by atoms with Crippen LogP contribution in [0.1, 0.15) is 62.3 Å². The molecular weight excluding hydrogens is 287 g/mol. The fourth-order valence-corrected chi connectivity index (χ4v) is 27.0. The first-order valence-corrected chi connectivity index (χ1v) is 11.5. The van der Waals surface area contributed by atoms with Crippen molar-refractivity contribution < 1.29 is 0 Å². The van der Waals surface area contributed by atoms with Gasteiger partial charge in [0.2, 0.25) is 0 Å². The van der Waals surface area contributed by atoms with E-state index < -0.39 is 18.4 Å². The van der Waals surface area contributed by atoms with Crippen LogP contribution in [-0.2, 0) is 0 Å². The molecule has 0 fully saturated rings. The number of terminal acetylenes is 1. The molecule has 0 aromatic heterocycles. The van der Waals surface area contributed by atoms with Crippen molar-refractivity contribution in [3.8, 4) is 10.4 Å². The molecule has 0 saturated heterocycles. The Kier molecular flexibility index (Phi) is 4.08. The molecule has 1 heteroatoms. The Hall–Kier alpha value is 0.359. The monoisotopic (exact) mass is 316 g/mol. The normalized spacial score (nSPS) is 14.9. The molecule has 0 aromatic rings. The molecule has 0 unspecified atom stereocenters. The van der Waals surface area contributed by atoms with E-state index in [9.17, 15) is 0 Å². The minimum absolute atomic E-state index is 0.305. The summed E-state index contributed by atoms with van der Waals surface area (Å²) in [7, 11) is 0. The van der Waals surface area contributed by atoms with E-state index in [0.717, 1.165) is 0 Å². The van der Waals surface area contributed by atoms with Gasteiger partial charge >= 0.3 is 101 Å². The van der Waals surface area contributed by atoms with Gasteiger partial charge < -0.3 is 0 Å². The molecule has 0 aromatic carbocycles. The van der Waals surface area contributed by atoms with Crippen LogP contribution < -0.4 is 0 Å². The van der Waals surface area contributed by atoms with Crippen LogP contribution >= 0.6 is 0 Å². The predicted octanol–water partition coefficient (Wildman–Crippen LogP) is 5.01. The van der Waals surface area contributed by atoms with Gasteiger partial charge in [0.1, 0.15) is 0 Å². The maximum atomic E-state index is 6.01. The summed E-state index contributed by atoms with van der Waals surface area (Å²) in [5.74, 6) is 0. The maximum absolute atomic E-state index is 6.01. The van der Waals surface area contributed by atoms with Gasteiger partial charge in [0.25, 0.3) is 0 Å². The van der Waals surface area contributed by atoms with Crippen molar-refractivity contribution in [3.63, 3.8) is 0 Å². The van der Waals surface area contributed by atoms with E-state index in [4.69, 9.17) is 6.42 Å². The third-order valence-electron chi connectivity index (χ3n) is 3.59. The Balaban J connectivity index is 5.93. The molecule has 0 saturated carbocycles. The molecule has 0 heterocycles. The average Bonchev–Trinajstić information content (AvgIpc) is 1.76. The van der Waals surface area contributed by atoms with E-state index in [1.54, 1.807) is 0 Å². The molecule has 0 atom stereocenters. The first-order valence-electron chi connectivity index (χ1n) is 5.79. The molecule has 0 aliphatic heterocycles. The fraction of sp³-hybridized carbons (Fsp3) is 0.857. The summed E-state index contributed by atoms with van der Waals surface area (Å²) in [5, 5.41) is 0. The minimum atomic E-state index is -2.73. The van der Waals surface area contributed by atoms with Gasteiger partial charge in [0.15, 0.2) is 0 Å². The van der Waals surface area contributed by atoms with E-state index in [1.807, 2.05) is 0 Å². The summed E-state index contributed by atoms with van der Waals surface area (Å²) < 4.78 is 4.26. The number of rotatable bonds is 0. The molecule has 0 aliphatic rings. The van der Waals surface area contributed by atoms with Crippen molar-refractivity contribution in [2.75, 3.05) is 0 Å². The summed E-state index contributed by atoms with van der Waals surface area (Å²) in [4.78, 5) is 0. The van der Waals surface area contributed by atoms with E-state index in [0.29, 0.717) is 10.3 Å². The van der Waals surface area contributed by atoms with Crippen LogP contribution in [-0.4, -0.2) is 18.4 Å². The SMILES string of the molecule is C#[C][Sn]([C](C)(C)C)([C](C)(C)C)[C](C)(C)C. The van der Waals surface area contributed by atoms with Gasteiger partial charge in [-0.3, -0.25) is 0 Å². The molecule has 0 amide bonds. The van der Waals surface area contributed by atoms with Crippen molar-refractivity contribution in [3.05, 3.63) is 0 Å².